The summed E-state index contributed by atoms with van der Waals surface area (Å²) in [6.07, 6.45) is 0. The third-order valence-electron chi connectivity index (χ3n) is 1.32. The second kappa shape index (κ2) is 5.59. The Morgan fingerprint density at radius 3 is 2.36 bits per heavy atom. The molecule has 0 atom stereocenters. The minimum atomic E-state index is 0.850. The van der Waals surface area contributed by atoms with Crippen LogP contribution in [0, 0.1) is 7.14 Å². The van der Waals surface area contributed by atoms with Crippen molar-refractivity contribution in [3.05, 3.63) is 23.7 Å². The Kier molecular flexibility index (Phi) is 5.04. The van der Waals surface area contributed by atoms with Gasteiger partial charge in [0.2, 0.25) is 0 Å². The second-order valence-electron chi connectivity index (χ2n) is 2.75. The molecule has 0 fully saturated rings. The maximum Gasteiger partial charge on any atom is 0.103 e. The number of hydrogen-bond acceptors (Lipinski definition) is 2. The molecule has 0 aliphatic rings. The Morgan fingerprint density at radius 2 is 1.79 bits per heavy atom. The van der Waals surface area contributed by atoms with Gasteiger partial charge in [-0.3, -0.25) is 5.01 Å². The molecule has 1 aromatic carbocycles. The van der Waals surface area contributed by atoms with Crippen LogP contribution < -0.4 is 0 Å². The van der Waals surface area contributed by atoms with Crippen LogP contribution in [0.3, 0.4) is 0 Å². The van der Waals surface area contributed by atoms with E-state index in [1.165, 1.54) is 7.14 Å². The van der Waals surface area contributed by atoms with E-state index in [-0.39, 0.29) is 0 Å². The predicted molar refractivity (Wildman–Crippen MR) is 77.8 cm³/mol. The number of halogens is 3. The molecule has 0 aliphatic heterocycles. The molecule has 0 saturated heterocycles. The molecule has 0 N–H and O–H groups in total. The van der Waals surface area contributed by atoms with Crippen LogP contribution in [0.25, 0.3) is 0 Å². The Labute approximate surface area is 119 Å². The Bertz CT molecular complexity index is 366. The van der Waals surface area contributed by atoms with Crippen LogP contribution in [0.2, 0.25) is 0 Å². The zero-order valence-corrected chi connectivity index (χ0v) is 13.5. The van der Waals surface area contributed by atoms with Gasteiger partial charge < -0.3 is 0 Å². The maximum atomic E-state index is 4.10. The number of benzene rings is 1. The lowest BCUT2D eigenvalue weighted by molar-refractivity contribution is 0.408. The van der Waals surface area contributed by atoms with Crippen LogP contribution in [-0.2, 0) is 0 Å². The molecule has 0 saturated carbocycles. The monoisotopic (exact) mass is 479 g/mol. The van der Waals surface area contributed by atoms with Gasteiger partial charge >= 0.3 is 0 Å². The average Bonchev–Trinajstić information content (AvgIpc) is 2.09. The van der Waals surface area contributed by atoms with E-state index in [1.807, 2.05) is 26.2 Å². The number of hydrogen-bond donors (Lipinski definition) is 0. The minimum Gasteiger partial charge on any atom is -0.285 e. The van der Waals surface area contributed by atoms with Crippen molar-refractivity contribution in [1.82, 2.24) is 5.01 Å². The summed E-state index contributed by atoms with van der Waals surface area (Å²) in [7, 11) is 3.68. The van der Waals surface area contributed by atoms with Crippen LogP contribution >= 0.6 is 61.1 Å². The fourth-order valence-corrected chi connectivity index (χ4v) is 2.49. The molecule has 1 aromatic rings. The van der Waals surface area contributed by atoms with E-state index in [0.717, 1.165) is 10.2 Å². The van der Waals surface area contributed by atoms with Gasteiger partial charge in [0, 0.05) is 25.7 Å². The number of nitrogens with zero attached hydrogens (tertiary/aromatic N) is 3. The summed E-state index contributed by atoms with van der Waals surface area (Å²) < 4.78 is 3.35. The fourth-order valence-electron chi connectivity index (χ4n) is 0.726. The molecule has 76 valence electrons. The third kappa shape index (κ3) is 3.61. The highest BCUT2D eigenvalue weighted by Crippen LogP contribution is 2.30. The Morgan fingerprint density at radius 1 is 1.21 bits per heavy atom. The van der Waals surface area contributed by atoms with Crippen molar-refractivity contribution in [3.63, 3.8) is 0 Å². The molecular formula is C8H8BrI2N3. The number of rotatable bonds is 2. The highest BCUT2D eigenvalue weighted by Gasteiger charge is 2.03. The van der Waals surface area contributed by atoms with Gasteiger partial charge in [0.05, 0.1) is 0 Å². The Hall–Kier alpha value is 0.560. The van der Waals surface area contributed by atoms with Crippen LogP contribution in [0.5, 0.6) is 0 Å². The van der Waals surface area contributed by atoms with Gasteiger partial charge in [-0.05, 0) is 73.2 Å². The van der Waals surface area contributed by atoms with Crippen molar-refractivity contribution < 1.29 is 0 Å². The first-order valence-electron chi connectivity index (χ1n) is 3.74. The van der Waals surface area contributed by atoms with Gasteiger partial charge in [-0.1, -0.05) is 5.22 Å². The van der Waals surface area contributed by atoms with E-state index in [2.05, 4.69) is 71.4 Å². The standard InChI is InChI=1S/C8H8BrI2N3/c1-14(2)13-12-8-4-7(11)6(10)3-5(8)9/h3-4H,1-2H3. The van der Waals surface area contributed by atoms with Crippen LogP contribution in [0.4, 0.5) is 5.69 Å². The second-order valence-corrected chi connectivity index (χ2v) is 5.93. The van der Waals surface area contributed by atoms with Gasteiger partial charge in [0.15, 0.2) is 0 Å². The molecule has 3 nitrogen and oxygen atoms in total. The molecule has 0 aromatic heterocycles. The fraction of sp³-hybridized carbons (Fsp3) is 0.250. The van der Waals surface area contributed by atoms with Gasteiger partial charge in [0.25, 0.3) is 0 Å². The van der Waals surface area contributed by atoms with E-state index in [1.54, 1.807) is 5.01 Å². The van der Waals surface area contributed by atoms with E-state index in [4.69, 9.17) is 0 Å². The average molecular weight is 480 g/mol. The highest BCUT2D eigenvalue weighted by molar-refractivity contribution is 14.1. The van der Waals surface area contributed by atoms with E-state index in [0.29, 0.717) is 0 Å². The first-order chi connectivity index (χ1) is 6.50. The molecule has 0 spiro atoms. The molecule has 1 rings (SSSR count). The summed E-state index contributed by atoms with van der Waals surface area (Å²) in [6, 6.07) is 4.03. The maximum absolute atomic E-state index is 4.10. The van der Waals surface area contributed by atoms with Gasteiger partial charge in [-0.15, -0.1) is 5.11 Å². The lowest BCUT2D eigenvalue weighted by Crippen LogP contribution is -1.99. The lowest BCUT2D eigenvalue weighted by atomic mass is 10.3. The van der Waals surface area contributed by atoms with Crippen molar-refractivity contribution in [2.45, 2.75) is 0 Å². The molecule has 0 radical (unpaired) electrons. The summed E-state index contributed by atoms with van der Waals surface area (Å²) in [5.41, 5.74) is 0.850. The largest absolute Gasteiger partial charge is 0.285 e. The first-order valence-corrected chi connectivity index (χ1v) is 6.69. The Balaban J connectivity index is 3.04. The molecule has 0 amide bonds. The molecule has 0 bridgehead atoms. The SMILES string of the molecule is CN(C)N=Nc1cc(I)c(I)cc1Br. The van der Waals surface area contributed by atoms with E-state index < -0.39 is 0 Å². The minimum absolute atomic E-state index is 0.850. The van der Waals surface area contributed by atoms with E-state index in [9.17, 15) is 0 Å². The predicted octanol–water partition coefficient (Wildman–Crippen LogP) is 4.22. The van der Waals surface area contributed by atoms with Crippen LogP contribution in [0.1, 0.15) is 0 Å². The summed E-state index contributed by atoms with van der Waals surface area (Å²) in [5, 5.41) is 9.72. The van der Waals surface area contributed by atoms with Crippen LogP contribution in [0.15, 0.2) is 26.9 Å². The zero-order chi connectivity index (χ0) is 10.7. The zero-order valence-electron chi connectivity index (χ0n) is 7.63. The summed E-state index contributed by atoms with van der Waals surface area (Å²) >= 11 is 8.02. The molecule has 6 heteroatoms. The quantitative estimate of drug-likeness (QED) is 0.270. The molecular weight excluding hydrogens is 472 g/mol. The molecule has 0 heterocycles. The van der Waals surface area contributed by atoms with Crippen molar-refractivity contribution in [3.8, 4) is 0 Å². The molecule has 0 aliphatic carbocycles. The summed E-state index contributed by atoms with van der Waals surface area (Å²) in [4.78, 5) is 0. The highest BCUT2D eigenvalue weighted by atomic mass is 127. The van der Waals surface area contributed by atoms with Crippen molar-refractivity contribution in [1.29, 1.82) is 0 Å². The van der Waals surface area contributed by atoms with Crippen molar-refractivity contribution in [2.24, 2.45) is 10.3 Å². The molecule has 14 heavy (non-hydrogen) atoms. The van der Waals surface area contributed by atoms with Gasteiger partial charge in [-0.25, -0.2) is 0 Å². The first kappa shape index (κ1) is 12.6. The van der Waals surface area contributed by atoms with Crippen molar-refractivity contribution in [2.75, 3.05) is 14.1 Å². The van der Waals surface area contributed by atoms with Crippen molar-refractivity contribution >= 4 is 66.8 Å². The summed E-state index contributed by atoms with van der Waals surface area (Å²) in [6.45, 7) is 0. The normalized spacial score (nSPS) is 10.9. The van der Waals surface area contributed by atoms with Gasteiger partial charge in [-0.2, -0.15) is 0 Å². The van der Waals surface area contributed by atoms with Crippen LogP contribution in [-0.4, -0.2) is 19.1 Å². The van der Waals surface area contributed by atoms with Gasteiger partial charge in [0.1, 0.15) is 5.69 Å². The smallest absolute Gasteiger partial charge is 0.103 e. The topological polar surface area (TPSA) is 28.0 Å². The molecule has 0 unspecified atom stereocenters. The lowest BCUT2D eigenvalue weighted by Gasteiger charge is -2.03. The summed E-state index contributed by atoms with van der Waals surface area (Å²) in [5.74, 6) is 0. The van der Waals surface area contributed by atoms with E-state index >= 15 is 0 Å². The third-order valence-corrected chi connectivity index (χ3v) is 4.77.